The molecule has 0 radical (unpaired) electrons. The SMILES string of the molecule is O=C(COc1cc(C(F)(F)F)cc(C(F)(F)F)c1)N1CCN(C(=O)C2CC2)CC1. The van der Waals surface area contributed by atoms with Crippen LogP contribution in [0, 0.1) is 5.92 Å². The maximum Gasteiger partial charge on any atom is 0.416 e. The number of nitrogens with zero attached hydrogens (tertiary/aromatic N) is 2. The van der Waals surface area contributed by atoms with Gasteiger partial charge < -0.3 is 14.5 Å². The van der Waals surface area contributed by atoms with Crippen molar-refractivity contribution in [1.29, 1.82) is 0 Å². The molecule has 2 fully saturated rings. The number of carbonyl (C=O) groups is 2. The Hall–Kier alpha value is -2.46. The van der Waals surface area contributed by atoms with E-state index in [9.17, 15) is 35.9 Å². The lowest BCUT2D eigenvalue weighted by molar-refractivity contribution is -0.143. The van der Waals surface area contributed by atoms with E-state index in [1.165, 1.54) is 4.90 Å². The zero-order chi connectivity index (χ0) is 21.4. The lowest BCUT2D eigenvalue weighted by Gasteiger charge is -2.34. The Morgan fingerprint density at radius 3 is 1.79 bits per heavy atom. The van der Waals surface area contributed by atoms with E-state index in [0.29, 0.717) is 25.2 Å². The van der Waals surface area contributed by atoms with Crippen molar-refractivity contribution in [3.63, 3.8) is 0 Å². The molecular formula is C18H18F6N2O3. The first kappa shape index (κ1) is 21.3. The van der Waals surface area contributed by atoms with E-state index < -0.39 is 41.7 Å². The van der Waals surface area contributed by atoms with E-state index in [4.69, 9.17) is 4.74 Å². The summed E-state index contributed by atoms with van der Waals surface area (Å²) in [6.45, 7) is 0.439. The maximum atomic E-state index is 12.9. The fourth-order valence-electron chi connectivity index (χ4n) is 3.01. The molecule has 1 aliphatic heterocycles. The van der Waals surface area contributed by atoms with Crippen LogP contribution in [0.15, 0.2) is 18.2 Å². The van der Waals surface area contributed by atoms with Crippen LogP contribution in [-0.4, -0.2) is 54.4 Å². The van der Waals surface area contributed by atoms with Gasteiger partial charge in [0.2, 0.25) is 5.91 Å². The quantitative estimate of drug-likeness (QED) is 0.698. The highest BCUT2D eigenvalue weighted by Gasteiger charge is 2.38. The van der Waals surface area contributed by atoms with Gasteiger partial charge in [0.1, 0.15) is 5.75 Å². The fraction of sp³-hybridized carbons (Fsp3) is 0.556. The fourth-order valence-corrected chi connectivity index (χ4v) is 3.01. The van der Waals surface area contributed by atoms with Crippen LogP contribution >= 0.6 is 0 Å². The van der Waals surface area contributed by atoms with Crippen LogP contribution in [0.1, 0.15) is 24.0 Å². The number of piperazine rings is 1. The van der Waals surface area contributed by atoms with E-state index in [2.05, 4.69) is 0 Å². The predicted molar refractivity (Wildman–Crippen MR) is 87.8 cm³/mol. The Balaban J connectivity index is 1.60. The third kappa shape index (κ3) is 5.33. The van der Waals surface area contributed by atoms with Gasteiger partial charge in [-0.1, -0.05) is 0 Å². The van der Waals surface area contributed by atoms with Crippen molar-refractivity contribution in [1.82, 2.24) is 9.80 Å². The Bertz CT molecular complexity index is 749. The normalized spacial score (nSPS) is 18.0. The molecule has 1 aromatic carbocycles. The first-order valence-corrected chi connectivity index (χ1v) is 8.94. The lowest BCUT2D eigenvalue weighted by atomic mass is 10.1. The van der Waals surface area contributed by atoms with Gasteiger partial charge in [0, 0.05) is 32.1 Å². The van der Waals surface area contributed by atoms with Gasteiger partial charge in [-0.25, -0.2) is 0 Å². The van der Waals surface area contributed by atoms with Gasteiger partial charge >= 0.3 is 12.4 Å². The summed E-state index contributed by atoms with van der Waals surface area (Å²) < 4.78 is 82.1. The molecule has 1 saturated heterocycles. The summed E-state index contributed by atoms with van der Waals surface area (Å²) in [5.41, 5.74) is -3.02. The summed E-state index contributed by atoms with van der Waals surface area (Å²) in [6.07, 6.45) is -8.26. The summed E-state index contributed by atoms with van der Waals surface area (Å²) in [6, 6.07) is 0.842. The van der Waals surface area contributed by atoms with Crippen molar-refractivity contribution >= 4 is 11.8 Å². The molecular weight excluding hydrogens is 406 g/mol. The van der Waals surface area contributed by atoms with Crippen molar-refractivity contribution in [2.24, 2.45) is 5.92 Å². The number of amides is 2. The molecule has 0 aromatic heterocycles. The molecule has 2 aliphatic rings. The molecule has 29 heavy (non-hydrogen) atoms. The van der Waals surface area contributed by atoms with Gasteiger partial charge in [-0.3, -0.25) is 9.59 Å². The second-order valence-corrected chi connectivity index (χ2v) is 7.01. The zero-order valence-electron chi connectivity index (χ0n) is 15.1. The molecule has 5 nitrogen and oxygen atoms in total. The molecule has 1 aliphatic carbocycles. The number of rotatable bonds is 4. The number of alkyl halides is 6. The number of halogens is 6. The van der Waals surface area contributed by atoms with Crippen LogP contribution in [0.5, 0.6) is 5.75 Å². The molecule has 0 spiro atoms. The molecule has 0 unspecified atom stereocenters. The molecule has 0 atom stereocenters. The van der Waals surface area contributed by atoms with Gasteiger partial charge in [0.05, 0.1) is 11.1 Å². The first-order chi connectivity index (χ1) is 13.4. The van der Waals surface area contributed by atoms with Crippen LogP contribution in [0.4, 0.5) is 26.3 Å². The topological polar surface area (TPSA) is 49.9 Å². The summed E-state index contributed by atoms with van der Waals surface area (Å²) in [4.78, 5) is 27.2. The van der Waals surface area contributed by atoms with Gasteiger partial charge in [0.15, 0.2) is 6.61 Å². The molecule has 1 aromatic rings. The third-order valence-electron chi connectivity index (χ3n) is 4.79. The van der Waals surface area contributed by atoms with E-state index >= 15 is 0 Å². The van der Waals surface area contributed by atoms with E-state index in [1.807, 2.05) is 0 Å². The van der Waals surface area contributed by atoms with Crippen molar-refractivity contribution in [2.75, 3.05) is 32.8 Å². The average molecular weight is 424 g/mol. The maximum absolute atomic E-state index is 12.9. The number of benzene rings is 1. The Labute approximate surface area is 162 Å². The van der Waals surface area contributed by atoms with Crippen LogP contribution in [0.25, 0.3) is 0 Å². The smallest absolute Gasteiger partial charge is 0.416 e. The highest BCUT2D eigenvalue weighted by atomic mass is 19.4. The van der Waals surface area contributed by atoms with Crippen molar-refractivity contribution in [2.45, 2.75) is 25.2 Å². The van der Waals surface area contributed by atoms with Gasteiger partial charge in [-0.15, -0.1) is 0 Å². The molecule has 160 valence electrons. The molecule has 2 amide bonds. The summed E-state index contributed by atoms with van der Waals surface area (Å²) >= 11 is 0. The van der Waals surface area contributed by atoms with E-state index in [-0.39, 0.29) is 31.0 Å². The van der Waals surface area contributed by atoms with Crippen LogP contribution in [0.3, 0.4) is 0 Å². The minimum Gasteiger partial charge on any atom is -0.484 e. The number of hydrogen-bond acceptors (Lipinski definition) is 3. The Kier molecular flexibility index (Phi) is 5.68. The molecule has 0 N–H and O–H groups in total. The van der Waals surface area contributed by atoms with Gasteiger partial charge in [-0.2, -0.15) is 26.3 Å². The van der Waals surface area contributed by atoms with Crippen molar-refractivity contribution < 1.29 is 40.7 Å². The highest BCUT2D eigenvalue weighted by molar-refractivity contribution is 5.82. The molecule has 11 heteroatoms. The Morgan fingerprint density at radius 1 is 0.862 bits per heavy atom. The highest BCUT2D eigenvalue weighted by Crippen LogP contribution is 2.38. The number of carbonyl (C=O) groups excluding carboxylic acids is 2. The van der Waals surface area contributed by atoms with E-state index in [1.54, 1.807) is 4.90 Å². The minimum atomic E-state index is -4.99. The third-order valence-corrected chi connectivity index (χ3v) is 4.79. The minimum absolute atomic E-state index is 0.00915. The second-order valence-electron chi connectivity index (χ2n) is 7.01. The Morgan fingerprint density at radius 2 is 1.34 bits per heavy atom. The van der Waals surface area contributed by atoms with Crippen LogP contribution in [-0.2, 0) is 21.9 Å². The van der Waals surface area contributed by atoms with Crippen LogP contribution < -0.4 is 4.74 Å². The van der Waals surface area contributed by atoms with Crippen molar-refractivity contribution in [3.8, 4) is 5.75 Å². The molecule has 1 saturated carbocycles. The first-order valence-electron chi connectivity index (χ1n) is 8.94. The monoisotopic (exact) mass is 424 g/mol. The lowest BCUT2D eigenvalue weighted by Crippen LogP contribution is -2.52. The summed E-state index contributed by atoms with van der Waals surface area (Å²) in [5.74, 6) is -1.15. The summed E-state index contributed by atoms with van der Waals surface area (Å²) in [5, 5.41) is 0. The number of hydrogen-bond donors (Lipinski definition) is 0. The van der Waals surface area contributed by atoms with Gasteiger partial charge in [0.25, 0.3) is 5.91 Å². The summed E-state index contributed by atoms with van der Waals surface area (Å²) in [7, 11) is 0. The largest absolute Gasteiger partial charge is 0.484 e. The molecule has 3 rings (SSSR count). The molecule has 0 bridgehead atoms. The standard InChI is InChI=1S/C18H18F6N2O3/c19-17(20,21)12-7-13(18(22,23)24)9-14(8-12)29-10-15(27)25-3-5-26(6-4-25)16(28)11-1-2-11/h7-9,11H,1-6,10H2. The average Bonchev–Trinajstić information content (AvgIpc) is 3.49. The van der Waals surface area contributed by atoms with E-state index in [0.717, 1.165) is 12.8 Å². The molecule has 1 heterocycles. The zero-order valence-corrected chi connectivity index (χ0v) is 15.1. The number of ether oxygens (including phenoxy) is 1. The van der Waals surface area contributed by atoms with Gasteiger partial charge in [-0.05, 0) is 31.0 Å². The van der Waals surface area contributed by atoms with Crippen molar-refractivity contribution in [3.05, 3.63) is 29.3 Å². The van der Waals surface area contributed by atoms with Crippen LogP contribution in [0.2, 0.25) is 0 Å². The second kappa shape index (κ2) is 7.75. The predicted octanol–water partition coefficient (Wildman–Crippen LogP) is 3.18.